The topological polar surface area (TPSA) is 52.1 Å². The summed E-state index contributed by atoms with van der Waals surface area (Å²) in [6.45, 7) is 9.95. The van der Waals surface area contributed by atoms with Gasteiger partial charge >= 0.3 is 0 Å². The van der Waals surface area contributed by atoms with E-state index in [4.69, 9.17) is 4.74 Å². The highest BCUT2D eigenvalue weighted by molar-refractivity contribution is 5.80. The lowest BCUT2D eigenvalue weighted by Gasteiger charge is -2.38. The number of hydrogen-bond donors (Lipinski definition) is 2. The van der Waals surface area contributed by atoms with E-state index >= 15 is 0 Å². The van der Waals surface area contributed by atoms with Gasteiger partial charge in [0, 0.05) is 58.4 Å². The third-order valence-corrected chi connectivity index (χ3v) is 6.77. The van der Waals surface area contributed by atoms with Crippen molar-refractivity contribution in [1.29, 1.82) is 0 Å². The van der Waals surface area contributed by atoms with Crippen molar-refractivity contribution in [3.63, 3.8) is 0 Å². The molecule has 6 heteroatoms. The number of nitrogens with zero attached hydrogens (tertiary/aromatic N) is 3. The Labute approximate surface area is 199 Å². The fourth-order valence-corrected chi connectivity index (χ4v) is 4.83. The molecule has 2 aromatic carbocycles. The number of guanidine groups is 1. The van der Waals surface area contributed by atoms with Crippen molar-refractivity contribution in [2.45, 2.75) is 51.5 Å². The molecule has 2 N–H and O–H groups in total. The summed E-state index contributed by atoms with van der Waals surface area (Å²) in [5.41, 5.74) is 4.04. The van der Waals surface area contributed by atoms with Gasteiger partial charge in [0.2, 0.25) is 0 Å². The van der Waals surface area contributed by atoms with Crippen LogP contribution < -0.4 is 10.6 Å². The van der Waals surface area contributed by atoms with E-state index in [1.165, 1.54) is 16.7 Å². The summed E-state index contributed by atoms with van der Waals surface area (Å²) in [5, 5.41) is 7.18. The van der Waals surface area contributed by atoms with Crippen LogP contribution >= 0.6 is 0 Å². The highest BCUT2D eigenvalue weighted by atomic mass is 16.5. The normalized spacial score (nSPS) is 22.8. The Morgan fingerprint density at radius 2 is 1.73 bits per heavy atom. The fourth-order valence-electron chi connectivity index (χ4n) is 4.83. The molecule has 2 saturated heterocycles. The zero-order valence-electron chi connectivity index (χ0n) is 20.2. The Morgan fingerprint density at radius 1 is 0.970 bits per heavy atom. The molecule has 0 aliphatic carbocycles. The highest BCUT2D eigenvalue weighted by Gasteiger charge is 2.26. The van der Waals surface area contributed by atoms with Crippen LogP contribution in [-0.4, -0.2) is 67.7 Å². The summed E-state index contributed by atoms with van der Waals surface area (Å²) < 4.78 is 5.47. The first-order chi connectivity index (χ1) is 16.2. The minimum atomic E-state index is 0.450. The molecule has 0 amide bonds. The Morgan fingerprint density at radius 3 is 2.48 bits per heavy atom. The first-order valence-corrected chi connectivity index (χ1v) is 12.3. The van der Waals surface area contributed by atoms with E-state index in [0.717, 1.165) is 71.3 Å². The third-order valence-electron chi connectivity index (χ3n) is 6.77. The van der Waals surface area contributed by atoms with Crippen LogP contribution in [-0.2, 0) is 24.4 Å². The molecule has 2 aliphatic heterocycles. The van der Waals surface area contributed by atoms with Crippen LogP contribution in [0.5, 0.6) is 0 Å². The van der Waals surface area contributed by atoms with E-state index in [9.17, 15) is 0 Å². The minimum Gasteiger partial charge on any atom is -0.379 e. The molecule has 2 aromatic rings. The largest absolute Gasteiger partial charge is 0.379 e. The third kappa shape index (κ3) is 7.29. The second kappa shape index (κ2) is 12.2. The van der Waals surface area contributed by atoms with E-state index < -0.39 is 0 Å². The first-order valence-electron chi connectivity index (χ1n) is 12.3. The standard InChI is InChI=1S/C27H39N5O/c1-22-17-26(11-12-32(22)21-23-7-4-3-5-8-23)30-27(28-2)29-19-24-9-6-10-25(18-24)20-31-13-15-33-16-14-31/h3-10,18,22,26H,11-17,19-21H2,1-2H3,(H2,28,29,30). The zero-order valence-corrected chi connectivity index (χ0v) is 20.2. The number of aliphatic imine (C=N–C) groups is 1. The lowest BCUT2D eigenvalue weighted by Crippen LogP contribution is -2.51. The molecular formula is C27H39N5O. The predicted octanol–water partition coefficient (Wildman–Crippen LogP) is 3.24. The monoisotopic (exact) mass is 449 g/mol. The van der Waals surface area contributed by atoms with Crippen LogP contribution in [0.2, 0.25) is 0 Å². The summed E-state index contributed by atoms with van der Waals surface area (Å²) >= 11 is 0. The van der Waals surface area contributed by atoms with Gasteiger partial charge in [0.15, 0.2) is 5.96 Å². The molecule has 2 atom stereocenters. The average molecular weight is 450 g/mol. The number of nitrogens with one attached hydrogen (secondary N) is 2. The molecular weight excluding hydrogens is 410 g/mol. The van der Waals surface area contributed by atoms with E-state index in [2.05, 4.69) is 86.9 Å². The average Bonchev–Trinajstić information content (AvgIpc) is 2.85. The number of morpholine rings is 1. The second-order valence-electron chi connectivity index (χ2n) is 9.30. The quantitative estimate of drug-likeness (QED) is 0.502. The van der Waals surface area contributed by atoms with Gasteiger partial charge in [0.05, 0.1) is 13.2 Å². The number of piperidine rings is 1. The number of ether oxygens (including phenoxy) is 1. The van der Waals surface area contributed by atoms with Crippen molar-refractivity contribution in [3.8, 4) is 0 Å². The van der Waals surface area contributed by atoms with Gasteiger partial charge in [-0.3, -0.25) is 14.8 Å². The molecule has 178 valence electrons. The van der Waals surface area contributed by atoms with Crippen molar-refractivity contribution >= 4 is 5.96 Å². The second-order valence-corrected chi connectivity index (χ2v) is 9.30. The van der Waals surface area contributed by atoms with E-state index in [0.29, 0.717) is 12.1 Å². The molecule has 2 unspecified atom stereocenters. The maximum Gasteiger partial charge on any atom is 0.191 e. The van der Waals surface area contributed by atoms with Gasteiger partial charge in [0.1, 0.15) is 0 Å². The van der Waals surface area contributed by atoms with Gasteiger partial charge in [-0.15, -0.1) is 0 Å². The summed E-state index contributed by atoms with van der Waals surface area (Å²) in [4.78, 5) is 9.53. The molecule has 6 nitrogen and oxygen atoms in total. The molecule has 2 fully saturated rings. The predicted molar refractivity (Wildman–Crippen MR) is 135 cm³/mol. The maximum atomic E-state index is 5.47. The zero-order chi connectivity index (χ0) is 22.9. The Bertz CT molecular complexity index is 881. The van der Waals surface area contributed by atoms with Crippen LogP contribution in [0.3, 0.4) is 0 Å². The molecule has 33 heavy (non-hydrogen) atoms. The maximum absolute atomic E-state index is 5.47. The van der Waals surface area contributed by atoms with Crippen molar-refractivity contribution in [2.75, 3.05) is 39.9 Å². The number of likely N-dealkylation sites (tertiary alicyclic amines) is 1. The Hall–Kier alpha value is -2.41. The van der Waals surface area contributed by atoms with Crippen molar-refractivity contribution < 1.29 is 4.74 Å². The van der Waals surface area contributed by atoms with Crippen LogP contribution in [0.4, 0.5) is 0 Å². The minimum absolute atomic E-state index is 0.450. The van der Waals surface area contributed by atoms with Crippen molar-refractivity contribution in [1.82, 2.24) is 20.4 Å². The summed E-state index contributed by atoms with van der Waals surface area (Å²) in [6, 6.07) is 20.7. The highest BCUT2D eigenvalue weighted by Crippen LogP contribution is 2.20. The van der Waals surface area contributed by atoms with Crippen molar-refractivity contribution in [3.05, 3.63) is 71.3 Å². The van der Waals surface area contributed by atoms with E-state index in [1.54, 1.807) is 0 Å². The SMILES string of the molecule is CN=C(NCc1cccc(CN2CCOCC2)c1)NC1CCN(Cc2ccccc2)C(C)C1. The van der Waals surface area contributed by atoms with Gasteiger partial charge < -0.3 is 15.4 Å². The first kappa shape index (κ1) is 23.7. The van der Waals surface area contributed by atoms with Crippen LogP contribution in [0.15, 0.2) is 59.6 Å². The molecule has 0 saturated carbocycles. The Kier molecular flexibility index (Phi) is 8.75. The number of benzene rings is 2. The van der Waals surface area contributed by atoms with E-state index in [-0.39, 0.29) is 0 Å². The summed E-state index contributed by atoms with van der Waals surface area (Å²) in [5.74, 6) is 0.891. The molecule has 2 heterocycles. The van der Waals surface area contributed by atoms with Gasteiger partial charge in [-0.25, -0.2) is 0 Å². The lowest BCUT2D eigenvalue weighted by molar-refractivity contribution is 0.0342. The number of hydrogen-bond acceptors (Lipinski definition) is 4. The van der Waals surface area contributed by atoms with E-state index in [1.807, 2.05) is 7.05 Å². The van der Waals surface area contributed by atoms with Gasteiger partial charge in [-0.1, -0.05) is 54.6 Å². The number of rotatable bonds is 7. The Balaban J connectivity index is 1.23. The van der Waals surface area contributed by atoms with Crippen molar-refractivity contribution in [2.24, 2.45) is 4.99 Å². The molecule has 4 rings (SSSR count). The van der Waals surface area contributed by atoms with Crippen LogP contribution in [0.25, 0.3) is 0 Å². The molecule has 0 aromatic heterocycles. The van der Waals surface area contributed by atoms with Crippen LogP contribution in [0.1, 0.15) is 36.5 Å². The molecule has 0 bridgehead atoms. The summed E-state index contributed by atoms with van der Waals surface area (Å²) in [7, 11) is 1.86. The van der Waals surface area contributed by atoms with Crippen LogP contribution in [0, 0.1) is 0 Å². The van der Waals surface area contributed by atoms with Gasteiger partial charge in [0.25, 0.3) is 0 Å². The van der Waals surface area contributed by atoms with Gasteiger partial charge in [-0.2, -0.15) is 0 Å². The fraction of sp³-hybridized carbons (Fsp3) is 0.519. The lowest BCUT2D eigenvalue weighted by atomic mass is 9.97. The summed E-state index contributed by atoms with van der Waals surface area (Å²) in [6.07, 6.45) is 2.26. The molecule has 2 aliphatic rings. The van der Waals surface area contributed by atoms with Gasteiger partial charge in [-0.05, 0) is 36.5 Å². The smallest absolute Gasteiger partial charge is 0.191 e. The molecule has 0 radical (unpaired) electrons. The molecule has 0 spiro atoms.